The van der Waals surface area contributed by atoms with E-state index in [1.165, 1.54) is 0 Å². The molecule has 30 heavy (non-hydrogen) atoms. The van der Waals surface area contributed by atoms with Crippen LogP contribution in [0.25, 0.3) is 16.5 Å². The minimum atomic E-state index is -0.260. The molecule has 0 bridgehead atoms. The van der Waals surface area contributed by atoms with Crippen molar-refractivity contribution >= 4 is 16.7 Å². The molecule has 3 aromatic carbocycles. The Morgan fingerprint density at radius 3 is 2.53 bits per heavy atom. The van der Waals surface area contributed by atoms with Crippen LogP contribution in [0, 0.1) is 0 Å². The lowest BCUT2D eigenvalue weighted by atomic mass is 10.1. The molecule has 0 spiro atoms. The number of benzene rings is 3. The number of ether oxygens (including phenoxy) is 2. The summed E-state index contributed by atoms with van der Waals surface area (Å²) >= 11 is 0. The van der Waals surface area contributed by atoms with Crippen molar-refractivity contribution < 1.29 is 14.3 Å². The molecule has 152 valence electrons. The van der Waals surface area contributed by atoms with E-state index in [1.54, 1.807) is 4.68 Å². The number of amides is 1. The van der Waals surface area contributed by atoms with Gasteiger partial charge in [-0.3, -0.25) is 4.79 Å². The van der Waals surface area contributed by atoms with E-state index in [2.05, 4.69) is 20.8 Å². The Hall–Kier alpha value is -3.94. The summed E-state index contributed by atoms with van der Waals surface area (Å²) in [5.74, 6) is 1.67. The standard InChI is InChI=1S/C22H21N5O3/c1-2-29-19-11-8-18(9-12-19)27-21(24-25-26-27)14-23-22(28)15-30-20-10-7-16-5-3-4-6-17(16)13-20/h3-13H,2,14-15H2,1H3,(H,23,28). The van der Waals surface area contributed by atoms with E-state index in [0.717, 1.165) is 22.2 Å². The Kier molecular flexibility index (Phi) is 5.84. The fourth-order valence-electron chi connectivity index (χ4n) is 3.00. The molecular formula is C22H21N5O3. The van der Waals surface area contributed by atoms with E-state index >= 15 is 0 Å². The predicted molar refractivity (Wildman–Crippen MR) is 112 cm³/mol. The molecule has 1 heterocycles. The monoisotopic (exact) mass is 403 g/mol. The van der Waals surface area contributed by atoms with Crippen LogP contribution >= 0.6 is 0 Å². The van der Waals surface area contributed by atoms with Crippen molar-refractivity contribution in [1.29, 1.82) is 0 Å². The third-order valence-corrected chi connectivity index (χ3v) is 4.46. The molecule has 0 saturated heterocycles. The predicted octanol–water partition coefficient (Wildman–Crippen LogP) is 2.91. The summed E-state index contributed by atoms with van der Waals surface area (Å²) in [6, 6.07) is 21.1. The fraction of sp³-hybridized carbons (Fsp3) is 0.182. The van der Waals surface area contributed by atoms with Crippen LogP contribution in [-0.4, -0.2) is 39.3 Å². The lowest BCUT2D eigenvalue weighted by Gasteiger charge is -2.09. The largest absolute Gasteiger partial charge is 0.494 e. The highest BCUT2D eigenvalue weighted by molar-refractivity contribution is 5.84. The maximum Gasteiger partial charge on any atom is 0.258 e. The lowest BCUT2D eigenvalue weighted by Crippen LogP contribution is -2.29. The van der Waals surface area contributed by atoms with Gasteiger partial charge in [-0.2, -0.15) is 4.68 Å². The first-order chi connectivity index (χ1) is 14.7. The minimum Gasteiger partial charge on any atom is -0.494 e. The van der Waals surface area contributed by atoms with Crippen LogP contribution in [0.1, 0.15) is 12.7 Å². The zero-order valence-corrected chi connectivity index (χ0v) is 16.5. The molecule has 0 unspecified atom stereocenters. The Bertz CT molecular complexity index is 1140. The van der Waals surface area contributed by atoms with Crippen molar-refractivity contribution in [1.82, 2.24) is 25.5 Å². The summed E-state index contributed by atoms with van der Waals surface area (Å²) < 4.78 is 12.6. The topological polar surface area (TPSA) is 91.2 Å². The fourth-order valence-corrected chi connectivity index (χ4v) is 3.00. The van der Waals surface area contributed by atoms with Gasteiger partial charge in [0.1, 0.15) is 11.5 Å². The summed E-state index contributed by atoms with van der Waals surface area (Å²) in [7, 11) is 0. The zero-order chi connectivity index (χ0) is 20.8. The van der Waals surface area contributed by atoms with E-state index < -0.39 is 0 Å². The van der Waals surface area contributed by atoms with Crippen LogP contribution in [0.5, 0.6) is 11.5 Å². The van der Waals surface area contributed by atoms with Gasteiger partial charge in [0.15, 0.2) is 12.4 Å². The molecule has 0 saturated carbocycles. The number of tetrazole rings is 1. The number of nitrogens with one attached hydrogen (secondary N) is 1. The van der Waals surface area contributed by atoms with Gasteiger partial charge >= 0.3 is 0 Å². The van der Waals surface area contributed by atoms with Crippen molar-refractivity contribution in [2.75, 3.05) is 13.2 Å². The Balaban J connectivity index is 1.33. The third kappa shape index (κ3) is 4.54. The van der Waals surface area contributed by atoms with E-state index in [9.17, 15) is 4.79 Å². The lowest BCUT2D eigenvalue weighted by molar-refractivity contribution is -0.123. The van der Waals surface area contributed by atoms with Crippen LogP contribution in [0.15, 0.2) is 66.7 Å². The summed E-state index contributed by atoms with van der Waals surface area (Å²) in [4.78, 5) is 12.2. The van der Waals surface area contributed by atoms with Crippen molar-refractivity contribution in [2.24, 2.45) is 0 Å². The second-order valence-corrected chi connectivity index (χ2v) is 6.51. The van der Waals surface area contributed by atoms with Gasteiger partial charge in [-0.15, -0.1) is 5.10 Å². The number of aromatic nitrogens is 4. The molecule has 4 aromatic rings. The minimum absolute atomic E-state index is 0.0943. The highest BCUT2D eigenvalue weighted by Crippen LogP contribution is 2.20. The first-order valence-corrected chi connectivity index (χ1v) is 9.62. The van der Waals surface area contributed by atoms with Gasteiger partial charge in [-0.25, -0.2) is 0 Å². The normalized spacial score (nSPS) is 10.7. The van der Waals surface area contributed by atoms with Gasteiger partial charge < -0.3 is 14.8 Å². The van der Waals surface area contributed by atoms with Crippen molar-refractivity contribution in [2.45, 2.75) is 13.5 Å². The summed E-state index contributed by atoms with van der Waals surface area (Å²) in [6.07, 6.45) is 0. The molecule has 8 heteroatoms. The molecule has 0 aliphatic rings. The first-order valence-electron chi connectivity index (χ1n) is 9.62. The smallest absolute Gasteiger partial charge is 0.258 e. The number of hydrogen-bond acceptors (Lipinski definition) is 6. The number of nitrogens with zero attached hydrogens (tertiary/aromatic N) is 4. The maximum atomic E-state index is 12.2. The molecule has 1 aromatic heterocycles. The number of hydrogen-bond donors (Lipinski definition) is 1. The van der Waals surface area contributed by atoms with Gasteiger partial charge in [0.05, 0.1) is 18.8 Å². The SMILES string of the molecule is CCOc1ccc(-n2nnnc2CNC(=O)COc2ccc3ccccc3c2)cc1. The van der Waals surface area contributed by atoms with Crippen LogP contribution in [0.2, 0.25) is 0 Å². The van der Waals surface area contributed by atoms with E-state index in [1.807, 2.05) is 73.7 Å². The van der Waals surface area contributed by atoms with Crippen LogP contribution in [0.3, 0.4) is 0 Å². The zero-order valence-electron chi connectivity index (χ0n) is 16.5. The maximum absolute atomic E-state index is 12.2. The van der Waals surface area contributed by atoms with Gasteiger partial charge in [-0.1, -0.05) is 30.3 Å². The van der Waals surface area contributed by atoms with Crippen LogP contribution < -0.4 is 14.8 Å². The van der Waals surface area contributed by atoms with Crippen molar-refractivity contribution in [3.05, 3.63) is 72.6 Å². The van der Waals surface area contributed by atoms with E-state index in [4.69, 9.17) is 9.47 Å². The molecule has 1 N–H and O–H groups in total. The highest BCUT2D eigenvalue weighted by atomic mass is 16.5. The van der Waals surface area contributed by atoms with Gasteiger partial charge in [0, 0.05) is 0 Å². The second-order valence-electron chi connectivity index (χ2n) is 6.51. The molecule has 0 radical (unpaired) electrons. The molecule has 1 amide bonds. The first kappa shape index (κ1) is 19.4. The molecule has 0 atom stereocenters. The van der Waals surface area contributed by atoms with E-state index in [0.29, 0.717) is 18.2 Å². The average Bonchev–Trinajstić information content (AvgIpc) is 3.25. The molecule has 0 aliphatic heterocycles. The van der Waals surface area contributed by atoms with E-state index in [-0.39, 0.29) is 19.1 Å². The van der Waals surface area contributed by atoms with Crippen LogP contribution in [0.4, 0.5) is 0 Å². The van der Waals surface area contributed by atoms with Gasteiger partial charge in [-0.05, 0) is 64.5 Å². The quantitative estimate of drug-likeness (QED) is 0.486. The third-order valence-electron chi connectivity index (χ3n) is 4.46. The molecular weight excluding hydrogens is 382 g/mol. The highest BCUT2D eigenvalue weighted by Gasteiger charge is 2.11. The number of rotatable bonds is 8. The molecule has 4 rings (SSSR count). The second kappa shape index (κ2) is 9.04. The van der Waals surface area contributed by atoms with Gasteiger partial charge in [0.25, 0.3) is 5.91 Å². The van der Waals surface area contributed by atoms with Gasteiger partial charge in [0.2, 0.25) is 0 Å². The Labute approximate surface area is 173 Å². The Morgan fingerprint density at radius 2 is 1.73 bits per heavy atom. The molecule has 0 fully saturated rings. The Morgan fingerprint density at radius 1 is 0.967 bits per heavy atom. The summed E-state index contributed by atoms with van der Waals surface area (Å²) in [5, 5.41) is 16.7. The molecule has 0 aliphatic carbocycles. The summed E-state index contributed by atoms with van der Waals surface area (Å²) in [6.45, 7) is 2.62. The average molecular weight is 403 g/mol. The summed E-state index contributed by atoms with van der Waals surface area (Å²) in [5.41, 5.74) is 0.778. The molecule has 8 nitrogen and oxygen atoms in total. The number of fused-ring (bicyclic) bond motifs is 1. The van der Waals surface area contributed by atoms with Crippen molar-refractivity contribution in [3.63, 3.8) is 0 Å². The van der Waals surface area contributed by atoms with Crippen molar-refractivity contribution in [3.8, 4) is 17.2 Å². The number of carbonyl (C=O) groups excluding carboxylic acids is 1. The number of carbonyl (C=O) groups is 1. The van der Waals surface area contributed by atoms with Crippen LogP contribution in [-0.2, 0) is 11.3 Å².